The van der Waals surface area contributed by atoms with Crippen molar-refractivity contribution in [3.8, 4) is 0 Å². The first-order chi connectivity index (χ1) is 10.7. The maximum atomic E-state index is 5.16. The summed E-state index contributed by atoms with van der Waals surface area (Å²) in [6.07, 6.45) is 2.50. The van der Waals surface area contributed by atoms with Gasteiger partial charge in [-0.15, -0.1) is 0 Å². The van der Waals surface area contributed by atoms with Crippen LogP contribution in [0.5, 0.6) is 0 Å². The van der Waals surface area contributed by atoms with E-state index in [1.165, 1.54) is 17.5 Å². The molecule has 0 radical (unpaired) electrons. The van der Waals surface area contributed by atoms with Crippen LogP contribution in [-0.2, 0) is 17.8 Å². The van der Waals surface area contributed by atoms with E-state index in [4.69, 9.17) is 4.74 Å². The second-order valence-corrected chi connectivity index (χ2v) is 5.16. The number of nitrogens with zero attached hydrogens (tertiary/aromatic N) is 4. The van der Waals surface area contributed by atoms with Crippen molar-refractivity contribution in [2.75, 3.05) is 12.4 Å². The van der Waals surface area contributed by atoms with Gasteiger partial charge in [0.25, 0.3) is 5.78 Å². The number of fused-ring (bicyclic) bond motifs is 1. The second kappa shape index (κ2) is 6.11. The highest BCUT2D eigenvalue weighted by atomic mass is 16.5. The largest absolute Gasteiger partial charge is 0.378 e. The molecule has 2 aromatic heterocycles. The van der Waals surface area contributed by atoms with Crippen molar-refractivity contribution < 1.29 is 4.74 Å². The molecule has 114 valence electrons. The fourth-order valence-electron chi connectivity index (χ4n) is 2.45. The number of anilines is 2. The van der Waals surface area contributed by atoms with Gasteiger partial charge in [-0.1, -0.05) is 13.0 Å². The second-order valence-electron chi connectivity index (χ2n) is 5.16. The molecule has 22 heavy (non-hydrogen) atoms. The Bertz CT molecular complexity index is 796. The van der Waals surface area contributed by atoms with Crippen LogP contribution in [0.4, 0.5) is 11.5 Å². The van der Waals surface area contributed by atoms with E-state index in [1.54, 1.807) is 11.6 Å². The van der Waals surface area contributed by atoms with Crippen molar-refractivity contribution in [3.05, 3.63) is 47.4 Å². The lowest BCUT2D eigenvalue weighted by atomic mass is 10.1. The number of hydrogen-bond donors (Lipinski definition) is 1. The van der Waals surface area contributed by atoms with Gasteiger partial charge in [0.2, 0.25) is 0 Å². The molecule has 0 unspecified atom stereocenters. The van der Waals surface area contributed by atoms with Crippen molar-refractivity contribution in [2.45, 2.75) is 26.9 Å². The van der Waals surface area contributed by atoms with Gasteiger partial charge in [0.15, 0.2) is 0 Å². The highest BCUT2D eigenvalue weighted by Gasteiger charge is 2.08. The highest BCUT2D eigenvalue weighted by molar-refractivity contribution is 5.60. The molecule has 0 aliphatic heterocycles. The molecule has 0 aliphatic rings. The van der Waals surface area contributed by atoms with Gasteiger partial charge < -0.3 is 10.1 Å². The Morgan fingerprint density at radius 3 is 2.91 bits per heavy atom. The zero-order valence-electron chi connectivity index (χ0n) is 13.0. The summed E-state index contributed by atoms with van der Waals surface area (Å²) in [5.74, 6) is 1.38. The molecule has 1 aromatic carbocycles. The van der Waals surface area contributed by atoms with Crippen LogP contribution >= 0.6 is 0 Å². The minimum absolute atomic E-state index is 0.437. The summed E-state index contributed by atoms with van der Waals surface area (Å²) < 4.78 is 6.85. The lowest BCUT2D eigenvalue weighted by Crippen LogP contribution is -2.05. The van der Waals surface area contributed by atoms with Crippen molar-refractivity contribution >= 4 is 17.3 Å². The van der Waals surface area contributed by atoms with E-state index in [0.717, 1.165) is 23.6 Å². The van der Waals surface area contributed by atoms with E-state index in [1.807, 2.05) is 6.07 Å². The first-order valence-electron chi connectivity index (χ1n) is 7.26. The number of methoxy groups -OCH3 is 1. The molecule has 0 bridgehead atoms. The first kappa shape index (κ1) is 14.5. The number of ether oxygens (including phenoxy) is 1. The number of hydrogen-bond acceptors (Lipinski definition) is 5. The van der Waals surface area contributed by atoms with Crippen LogP contribution in [0.3, 0.4) is 0 Å². The summed E-state index contributed by atoms with van der Waals surface area (Å²) in [7, 11) is 1.65. The van der Waals surface area contributed by atoms with Gasteiger partial charge in [-0.25, -0.2) is 4.98 Å². The average molecular weight is 297 g/mol. The number of benzene rings is 1. The van der Waals surface area contributed by atoms with Crippen LogP contribution < -0.4 is 5.32 Å². The monoisotopic (exact) mass is 297 g/mol. The Balaban J connectivity index is 2.00. The van der Waals surface area contributed by atoms with Crippen LogP contribution in [0.1, 0.15) is 23.7 Å². The molecule has 3 aromatic rings. The molecule has 6 heteroatoms. The topological polar surface area (TPSA) is 64.3 Å². The smallest absolute Gasteiger partial charge is 0.254 e. The van der Waals surface area contributed by atoms with Crippen molar-refractivity contribution in [3.63, 3.8) is 0 Å². The first-order valence-corrected chi connectivity index (χ1v) is 7.26. The zero-order valence-corrected chi connectivity index (χ0v) is 13.0. The fraction of sp³-hybridized carbons (Fsp3) is 0.312. The van der Waals surface area contributed by atoms with E-state index in [0.29, 0.717) is 12.4 Å². The van der Waals surface area contributed by atoms with Gasteiger partial charge in [0, 0.05) is 18.9 Å². The van der Waals surface area contributed by atoms with E-state index >= 15 is 0 Å². The van der Waals surface area contributed by atoms with Crippen molar-refractivity contribution in [1.29, 1.82) is 0 Å². The van der Waals surface area contributed by atoms with Crippen molar-refractivity contribution in [1.82, 2.24) is 19.6 Å². The lowest BCUT2D eigenvalue weighted by Gasteiger charge is -2.12. The van der Waals surface area contributed by atoms with Gasteiger partial charge in [-0.2, -0.15) is 14.6 Å². The normalized spacial score (nSPS) is 11.0. The van der Waals surface area contributed by atoms with Gasteiger partial charge in [-0.3, -0.25) is 0 Å². The predicted octanol–water partition coefficient (Wildman–Crippen LogP) is 2.89. The van der Waals surface area contributed by atoms with Crippen LogP contribution in [0.2, 0.25) is 0 Å². The molecule has 0 saturated heterocycles. The number of aryl methyl sites for hydroxylation is 2. The van der Waals surface area contributed by atoms with Crippen LogP contribution in [-0.4, -0.2) is 26.7 Å². The maximum Gasteiger partial charge on any atom is 0.254 e. The molecular formula is C16H19N5O. The molecule has 3 rings (SSSR count). The average Bonchev–Trinajstić information content (AvgIpc) is 2.98. The Labute approximate surface area is 129 Å². The molecule has 6 nitrogen and oxygen atoms in total. The van der Waals surface area contributed by atoms with E-state index in [-0.39, 0.29) is 0 Å². The SMILES string of the molecule is CCc1cc(Nc2cc(COC)nc3ncnn23)ccc1C. The van der Waals surface area contributed by atoms with E-state index < -0.39 is 0 Å². The molecule has 0 saturated carbocycles. The Morgan fingerprint density at radius 2 is 2.14 bits per heavy atom. The molecule has 0 atom stereocenters. The van der Waals surface area contributed by atoms with Gasteiger partial charge in [-0.05, 0) is 36.6 Å². The number of rotatable bonds is 5. The minimum Gasteiger partial charge on any atom is -0.378 e. The number of aromatic nitrogens is 4. The Hall–Kier alpha value is -2.47. The summed E-state index contributed by atoms with van der Waals surface area (Å²) in [5.41, 5.74) is 4.46. The van der Waals surface area contributed by atoms with Gasteiger partial charge in [0.1, 0.15) is 12.1 Å². The fourth-order valence-corrected chi connectivity index (χ4v) is 2.45. The van der Waals surface area contributed by atoms with E-state index in [2.05, 4.69) is 52.4 Å². The standard InChI is InChI=1S/C16H19N5O/c1-4-12-7-13(6-5-11(12)2)19-15-8-14(9-22-3)20-16-17-10-18-21(15)16/h5-8,10,19H,4,9H2,1-3H3. The van der Waals surface area contributed by atoms with Crippen LogP contribution in [0, 0.1) is 6.92 Å². The third-order valence-corrected chi connectivity index (χ3v) is 3.60. The molecule has 2 heterocycles. The highest BCUT2D eigenvalue weighted by Crippen LogP contribution is 2.21. The molecule has 0 spiro atoms. The maximum absolute atomic E-state index is 5.16. The van der Waals surface area contributed by atoms with E-state index in [9.17, 15) is 0 Å². The minimum atomic E-state index is 0.437. The van der Waals surface area contributed by atoms with Gasteiger partial charge in [0.05, 0.1) is 12.3 Å². The Morgan fingerprint density at radius 1 is 1.27 bits per heavy atom. The van der Waals surface area contributed by atoms with Crippen LogP contribution in [0.15, 0.2) is 30.6 Å². The molecule has 0 amide bonds. The Kier molecular flexibility index (Phi) is 4.02. The predicted molar refractivity (Wildman–Crippen MR) is 85.3 cm³/mol. The number of nitrogens with one attached hydrogen (secondary N) is 1. The quantitative estimate of drug-likeness (QED) is 0.784. The third-order valence-electron chi connectivity index (χ3n) is 3.60. The summed E-state index contributed by atoms with van der Waals surface area (Å²) in [6, 6.07) is 8.27. The molecule has 1 N–H and O–H groups in total. The molecule has 0 fully saturated rings. The lowest BCUT2D eigenvalue weighted by molar-refractivity contribution is 0.181. The zero-order chi connectivity index (χ0) is 15.5. The third kappa shape index (κ3) is 2.78. The van der Waals surface area contributed by atoms with Crippen molar-refractivity contribution in [2.24, 2.45) is 0 Å². The molecule has 0 aliphatic carbocycles. The molecular weight excluding hydrogens is 278 g/mol. The van der Waals surface area contributed by atoms with Crippen LogP contribution in [0.25, 0.3) is 5.78 Å². The van der Waals surface area contributed by atoms with Gasteiger partial charge >= 0.3 is 0 Å². The summed E-state index contributed by atoms with van der Waals surface area (Å²) in [6.45, 7) is 4.72. The summed E-state index contributed by atoms with van der Waals surface area (Å²) >= 11 is 0. The summed E-state index contributed by atoms with van der Waals surface area (Å²) in [4.78, 5) is 8.56. The summed E-state index contributed by atoms with van der Waals surface area (Å²) in [5, 5.41) is 7.61.